The smallest absolute Gasteiger partial charge is 0.270 e. The topological polar surface area (TPSA) is 50.2 Å². The van der Waals surface area contributed by atoms with E-state index in [-0.39, 0.29) is 5.91 Å². The summed E-state index contributed by atoms with van der Waals surface area (Å²) in [5, 5.41) is 9.89. The molecule has 1 aliphatic rings. The maximum atomic E-state index is 13.0. The zero-order chi connectivity index (χ0) is 19.5. The largest absolute Gasteiger partial charge is 0.349 e. The molecule has 5 nitrogen and oxygen atoms in total. The summed E-state index contributed by atoms with van der Waals surface area (Å²) in [4.78, 5) is 16.5. The third-order valence-corrected chi connectivity index (χ3v) is 6.10. The van der Waals surface area contributed by atoms with Crippen molar-refractivity contribution in [1.29, 1.82) is 0 Å². The zero-order valence-corrected chi connectivity index (χ0v) is 17.3. The van der Waals surface area contributed by atoms with Crippen LogP contribution in [0.15, 0.2) is 41.8 Å². The number of nitrogens with zero attached hydrogens (tertiary/aromatic N) is 3. The molecule has 4 rings (SSSR count). The van der Waals surface area contributed by atoms with Crippen LogP contribution in [0.1, 0.15) is 34.5 Å². The number of carbonyl (C=O) groups is 1. The van der Waals surface area contributed by atoms with Gasteiger partial charge in [0.25, 0.3) is 5.91 Å². The maximum Gasteiger partial charge on any atom is 0.270 e. The van der Waals surface area contributed by atoms with Gasteiger partial charge in [0, 0.05) is 13.1 Å². The predicted octanol–water partition coefficient (Wildman–Crippen LogP) is 4.04. The van der Waals surface area contributed by atoms with Gasteiger partial charge >= 0.3 is 0 Å². The third-order valence-electron chi connectivity index (χ3n) is 5.21. The van der Waals surface area contributed by atoms with Gasteiger partial charge in [-0.3, -0.25) is 4.79 Å². The molecule has 1 saturated heterocycles. The lowest BCUT2D eigenvalue weighted by molar-refractivity contribution is 0.0942. The highest BCUT2D eigenvalue weighted by molar-refractivity contribution is 7.13. The number of rotatable bonds is 6. The van der Waals surface area contributed by atoms with Crippen molar-refractivity contribution in [2.24, 2.45) is 0 Å². The fourth-order valence-electron chi connectivity index (χ4n) is 3.74. The van der Waals surface area contributed by atoms with E-state index in [9.17, 15) is 4.79 Å². The number of thiophene rings is 1. The second-order valence-electron chi connectivity index (χ2n) is 7.40. The fourth-order valence-corrected chi connectivity index (χ4v) is 4.42. The molecule has 0 saturated carbocycles. The summed E-state index contributed by atoms with van der Waals surface area (Å²) >= 11 is 1.63. The minimum absolute atomic E-state index is 0.0746. The zero-order valence-electron chi connectivity index (χ0n) is 16.4. The monoisotopic (exact) mass is 394 g/mol. The van der Waals surface area contributed by atoms with Gasteiger partial charge in [-0.05, 0) is 68.9 Å². The van der Waals surface area contributed by atoms with Crippen LogP contribution in [0.4, 0.5) is 0 Å². The van der Waals surface area contributed by atoms with Gasteiger partial charge in [0.2, 0.25) is 0 Å². The molecule has 0 bridgehead atoms. The molecule has 3 heterocycles. The number of nitrogens with one attached hydrogen (secondary N) is 1. The molecule has 0 atom stereocenters. The SMILES string of the molecule is Cc1ccc(-n2nc(-c3cccs3)cc2C(=O)NCCN2CCCC2)c(C)c1. The number of benzene rings is 1. The number of likely N-dealkylation sites (tertiary alicyclic amines) is 1. The first-order valence-corrected chi connectivity index (χ1v) is 10.7. The number of amides is 1. The van der Waals surface area contributed by atoms with Crippen LogP contribution in [0.2, 0.25) is 0 Å². The Balaban J connectivity index is 1.61. The average molecular weight is 395 g/mol. The van der Waals surface area contributed by atoms with Gasteiger partial charge in [-0.15, -0.1) is 11.3 Å². The molecule has 1 amide bonds. The normalized spacial score (nSPS) is 14.5. The van der Waals surface area contributed by atoms with Gasteiger partial charge in [-0.2, -0.15) is 5.10 Å². The maximum absolute atomic E-state index is 13.0. The molecular weight excluding hydrogens is 368 g/mol. The summed E-state index contributed by atoms with van der Waals surface area (Å²) < 4.78 is 1.79. The Labute approximate surface area is 170 Å². The molecule has 1 fully saturated rings. The number of aromatic nitrogens is 2. The first kappa shape index (κ1) is 18.9. The highest BCUT2D eigenvalue weighted by atomic mass is 32.1. The van der Waals surface area contributed by atoms with Crippen molar-refractivity contribution < 1.29 is 4.79 Å². The van der Waals surface area contributed by atoms with Gasteiger partial charge in [0.15, 0.2) is 0 Å². The highest BCUT2D eigenvalue weighted by Gasteiger charge is 2.19. The minimum Gasteiger partial charge on any atom is -0.349 e. The van der Waals surface area contributed by atoms with Crippen LogP contribution in [-0.4, -0.2) is 46.8 Å². The Morgan fingerprint density at radius 1 is 1.18 bits per heavy atom. The van der Waals surface area contributed by atoms with Crippen LogP contribution in [0.25, 0.3) is 16.3 Å². The van der Waals surface area contributed by atoms with Gasteiger partial charge in [0.1, 0.15) is 11.4 Å². The predicted molar refractivity (Wildman–Crippen MR) is 114 cm³/mol. The molecule has 1 aliphatic heterocycles. The van der Waals surface area contributed by atoms with Crippen molar-refractivity contribution in [3.63, 3.8) is 0 Å². The Hall–Kier alpha value is -2.44. The highest BCUT2D eigenvalue weighted by Crippen LogP contribution is 2.27. The molecule has 0 aliphatic carbocycles. The second-order valence-corrected chi connectivity index (χ2v) is 8.35. The van der Waals surface area contributed by atoms with E-state index in [2.05, 4.69) is 36.2 Å². The summed E-state index contributed by atoms with van der Waals surface area (Å²) in [5.74, 6) is -0.0746. The van der Waals surface area contributed by atoms with Gasteiger partial charge in [0.05, 0.1) is 10.6 Å². The molecule has 28 heavy (non-hydrogen) atoms. The molecule has 1 N–H and O–H groups in total. The van der Waals surface area contributed by atoms with Crippen LogP contribution >= 0.6 is 11.3 Å². The van der Waals surface area contributed by atoms with Crippen LogP contribution < -0.4 is 5.32 Å². The van der Waals surface area contributed by atoms with Crippen molar-refractivity contribution >= 4 is 17.2 Å². The van der Waals surface area contributed by atoms with E-state index >= 15 is 0 Å². The lowest BCUT2D eigenvalue weighted by Crippen LogP contribution is -2.34. The summed E-state index contributed by atoms with van der Waals surface area (Å²) in [6, 6.07) is 12.2. The van der Waals surface area contributed by atoms with E-state index in [0.717, 1.165) is 41.5 Å². The molecule has 0 spiro atoms. The minimum atomic E-state index is -0.0746. The number of aryl methyl sites for hydroxylation is 2. The van der Waals surface area contributed by atoms with Crippen molar-refractivity contribution in [2.45, 2.75) is 26.7 Å². The molecule has 146 valence electrons. The summed E-state index contributed by atoms with van der Waals surface area (Å²) in [6.45, 7) is 7.97. The van der Waals surface area contributed by atoms with Crippen LogP contribution in [0.3, 0.4) is 0 Å². The Kier molecular flexibility index (Phi) is 5.59. The van der Waals surface area contributed by atoms with E-state index in [4.69, 9.17) is 5.10 Å². The van der Waals surface area contributed by atoms with Crippen LogP contribution in [-0.2, 0) is 0 Å². The van der Waals surface area contributed by atoms with Crippen LogP contribution in [0.5, 0.6) is 0 Å². The second kappa shape index (κ2) is 8.29. The third kappa shape index (κ3) is 4.03. The lowest BCUT2D eigenvalue weighted by Gasteiger charge is -2.15. The van der Waals surface area contributed by atoms with Crippen molar-refractivity contribution in [1.82, 2.24) is 20.0 Å². The first-order valence-electron chi connectivity index (χ1n) is 9.84. The Bertz CT molecular complexity index is 955. The quantitative estimate of drug-likeness (QED) is 0.686. The van der Waals surface area contributed by atoms with Crippen molar-refractivity contribution in [3.8, 4) is 16.3 Å². The van der Waals surface area contributed by atoms with E-state index in [1.807, 2.05) is 29.6 Å². The molecular formula is C22H26N4OS. The molecule has 6 heteroatoms. The fraction of sp³-hybridized carbons (Fsp3) is 0.364. The van der Waals surface area contributed by atoms with Crippen molar-refractivity contribution in [2.75, 3.05) is 26.2 Å². The average Bonchev–Trinajstić information content (AvgIpc) is 3.42. The molecule has 1 aromatic carbocycles. The van der Waals surface area contributed by atoms with E-state index < -0.39 is 0 Å². The van der Waals surface area contributed by atoms with Crippen LogP contribution in [0, 0.1) is 13.8 Å². The van der Waals surface area contributed by atoms with Gasteiger partial charge < -0.3 is 10.2 Å². The van der Waals surface area contributed by atoms with E-state index in [1.54, 1.807) is 16.0 Å². The standard InChI is InChI=1S/C22H26N4OS/c1-16-7-8-19(17(2)14-16)26-20(15-18(24-26)21-6-5-13-28-21)22(27)23-9-12-25-10-3-4-11-25/h5-8,13-15H,3-4,9-12H2,1-2H3,(H,23,27). The molecule has 0 unspecified atom stereocenters. The summed E-state index contributed by atoms with van der Waals surface area (Å²) in [6.07, 6.45) is 2.52. The molecule has 3 aromatic rings. The first-order chi connectivity index (χ1) is 13.6. The molecule has 2 aromatic heterocycles. The van der Waals surface area contributed by atoms with E-state index in [0.29, 0.717) is 12.2 Å². The van der Waals surface area contributed by atoms with Gasteiger partial charge in [-0.1, -0.05) is 23.8 Å². The molecule has 0 radical (unpaired) electrons. The Morgan fingerprint density at radius 3 is 2.71 bits per heavy atom. The number of carbonyl (C=O) groups excluding carboxylic acids is 1. The summed E-state index contributed by atoms with van der Waals surface area (Å²) in [5.41, 5.74) is 4.66. The lowest BCUT2D eigenvalue weighted by atomic mass is 10.1. The summed E-state index contributed by atoms with van der Waals surface area (Å²) in [7, 11) is 0. The van der Waals surface area contributed by atoms with Crippen molar-refractivity contribution in [3.05, 3.63) is 58.6 Å². The Morgan fingerprint density at radius 2 is 2.00 bits per heavy atom. The number of hydrogen-bond donors (Lipinski definition) is 1. The van der Waals surface area contributed by atoms with E-state index in [1.165, 1.54) is 18.4 Å². The van der Waals surface area contributed by atoms with Gasteiger partial charge in [-0.25, -0.2) is 4.68 Å². The number of hydrogen-bond acceptors (Lipinski definition) is 4.